The second-order valence-corrected chi connectivity index (χ2v) is 26.5. The first-order chi connectivity index (χ1) is 29.0. The second-order valence-electron chi connectivity index (χ2n) is 24.0. The van der Waals surface area contributed by atoms with Crippen molar-refractivity contribution in [2.24, 2.45) is 10.8 Å². The molecule has 0 amide bonds. The summed E-state index contributed by atoms with van der Waals surface area (Å²) in [6.07, 6.45) is 15.9. The lowest BCUT2D eigenvalue weighted by Gasteiger charge is -2.47. The Bertz CT molecular complexity index is 2740. The molecule has 0 bridgehead atoms. The Morgan fingerprint density at radius 3 is 1.82 bits per heavy atom. The maximum absolute atomic E-state index is 2.72. The lowest BCUT2D eigenvalue weighted by atomic mass is 9.35. The fraction of sp³-hybridized carbons (Fsp3) is 0.474. The molecule has 5 aromatic rings. The van der Waals surface area contributed by atoms with Crippen LogP contribution in [-0.4, -0.2) is 10.6 Å². The van der Waals surface area contributed by atoms with Crippen molar-refractivity contribution >= 4 is 94.9 Å². The minimum Gasteiger partial charge on any atom is -0.312 e. The van der Waals surface area contributed by atoms with Gasteiger partial charge in [-0.25, -0.2) is 0 Å². The van der Waals surface area contributed by atoms with E-state index in [0.29, 0.717) is 3.92 Å². The Morgan fingerprint density at radius 1 is 0.613 bits per heavy atom. The molecule has 62 heavy (non-hydrogen) atoms. The molecule has 0 saturated heterocycles. The van der Waals surface area contributed by atoms with Crippen LogP contribution in [0, 0.1) is 17.8 Å². The van der Waals surface area contributed by atoms with E-state index >= 15 is 0 Å². The normalized spacial score (nSPS) is 23.4. The highest BCUT2D eigenvalue weighted by atomic mass is 127. The number of fused-ring (bicyclic) bond motifs is 8. The summed E-state index contributed by atoms with van der Waals surface area (Å²) in [4.78, 5) is 5.40. The van der Waals surface area contributed by atoms with Crippen molar-refractivity contribution in [3.63, 3.8) is 0 Å². The zero-order chi connectivity index (χ0) is 44.1. The van der Waals surface area contributed by atoms with Crippen LogP contribution in [0.2, 0.25) is 0 Å². The summed E-state index contributed by atoms with van der Waals surface area (Å²) in [5.74, 6) is 0. The number of anilines is 5. The zero-order valence-electron chi connectivity index (χ0n) is 39.9. The first kappa shape index (κ1) is 42.7. The van der Waals surface area contributed by atoms with Gasteiger partial charge in [0.2, 0.25) is 0 Å². The summed E-state index contributed by atoms with van der Waals surface area (Å²) in [5, 5.41) is 1.41. The first-order valence-electron chi connectivity index (χ1n) is 23.6. The number of hydrogen-bond donors (Lipinski definition) is 0. The predicted octanol–water partition coefficient (Wildman–Crippen LogP) is 15.1. The fourth-order valence-corrected chi connectivity index (χ4v) is 13.7. The number of hydrogen-bond acceptors (Lipinski definition) is 3. The molecule has 5 aliphatic rings. The number of halogens is 1. The molecule has 0 radical (unpaired) electrons. The van der Waals surface area contributed by atoms with Gasteiger partial charge in [-0.3, -0.25) is 0 Å². The van der Waals surface area contributed by atoms with Crippen LogP contribution in [0.15, 0.2) is 90.7 Å². The van der Waals surface area contributed by atoms with Crippen molar-refractivity contribution in [2.75, 3.05) is 9.80 Å². The molecule has 0 saturated carbocycles. The third kappa shape index (κ3) is 6.57. The predicted molar refractivity (Wildman–Crippen MR) is 281 cm³/mol. The number of benzene rings is 4. The van der Waals surface area contributed by atoms with E-state index in [1.54, 1.807) is 11.1 Å². The van der Waals surface area contributed by atoms with Gasteiger partial charge in [0.1, 0.15) is 0 Å². The summed E-state index contributed by atoms with van der Waals surface area (Å²) in [6, 6.07) is 27.0. The van der Waals surface area contributed by atoms with E-state index in [9.17, 15) is 0 Å². The Morgan fingerprint density at radius 2 is 1.18 bits per heavy atom. The van der Waals surface area contributed by atoms with E-state index in [0.717, 1.165) is 6.42 Å². The number of nitrogens with zero attached hydrogens (tertiary/aromatic N) is 2. The molecule has 5 heteroatoms. The lowest BCUT2D eigenvalue weighted by Crippen LogP contribution is -2.61. The maximum atomic E-state index is 2.72. The Labute approximate surface area is 391 Å². The third-order valence-electron chi connectivity index (χ3n) is 16.6. The lowest BCUT2D eigenvalue weighted by molar-refractivity contribution is 0.249. The van der Waals surface area contributed by atoms with Crippen LogP contribution in [0.1, 0.15) is 156 Å². The molecule has 3 aliphatic carbocycles. The molecule has 2 nitrogen and oxygen atoms in total. The number of allylic oxidation sites excluding steroid dienone is 3. The average Bonchev–Trinajstić information content (AvgIpc) is 3.58. The van der Waals surface area contributed by atoms with E-state index < -0.39 is 0 Å². The van der Waals surface area contributed by atoms with E-state index in [2.05, 4.69) is 219 Å². The molecule has 1 atom stereocenters. The second kappa shape index (κ2) is 14.1. The van der Waals surface area contributed by atoms with Gasteiger partial charge in [0.25, 0.3) is 6.71 Å². The van der Waals surface area contributed by atoms with Crippen LogP contribution in [0.4, 0.5) is 28.4 Å². The van der Waals surface area contributed by atoms with Gasteiger partial charge in [-0.15, -0.1) is 11.3 Å². The van der Waals surface area contributed by atoms with E-state index in [-0.39, 0.29) is 39.2 Å². The van der Waals surface area contributed by atoms with Crippen molar-refractivity contribution in [1.29, 1.82) is 0 Å². The third-order valence-corrected chi connectivity index (χ3v) is 19.9. The monoisotopic (exact) mass is 950 g/mol. The molecule has 2 aliphatic heterocycles. The van der Waals surface area contributed by atoms with E-state index in [1.165, 1.54) is 115 Å². The summed E-state index contributed by atoms with van der Waals surface area (Å²) < 4.78 is 3.33. The van der Waals surface area contributed by atoms with Gasteiger partial charge in [-0.05, 0) is 166 Å². The average molecular weight is 951 g/mol. The first-order valence-corrected chi connectivity index (χ1v) is 25.7. The van der Waals surface area contributed by atoms with E-state index in [4.69, 9.17) is 0 Å². The zero-order valence-corrected chi connectivity index (χ0v) is 42.8. The summed E-state index contributed by atoms with van der Waals surface area (Å²) in [6.45, 7) is 32.2. The molecule has 4 aromatic carbocycles. The number of para-hydroxylation sites is 1. The molecule has 0 N–H and O–H groups in total. The molecule has 3 heterocycles. The molecule has 1 aromatic heterocycles. The Balaban J connectivity index is 1.32. The largest absolute Gasteiger partial charge is 0.312 e. The minimum absolute atomic E-state index is 0.0865. The fourth-order valence-electron chi connectivity index (χ4n) is 11.8. The SMILES string of the molecule is Cc1ccccc1N1c2cccc3c2B(c2cc4c(cc2N3C2=CCC(C)(C)CCC(C)(C)C(I)C=C2)C(C)(C)CCC4(C)C)c2sc3cc4c(cc3c21)C(C)(C)CCC4(C)C. The Hall–Kier alpha value is -3.29. The molecular weight excluding hydrogens is 882 g/mol. The molecule has 322 valence electrons. The van der Waals surface area contributed by atoms with E-state index in [1.807, 2.05) is 0 Å². The van der Waals surface area contributed by atoms with Crippen molar-refractivity contribution in [2.45, 2.75) is 161 Å². The van der Waals surface area contributed by atoms with Gasteiger partial charge in [-0.2, -0.15) is 0 Å². The number of rotatable bonds is 2. The van der Waals surface area contributed by atoms with Crippen LogP contribution in [0.3, 0.4) is 0 Å². The van der Waals surface area contributed by atoms with Gasteiger partial charge in [-0.1, -0.05) is 148 Å². The van der Waals surface area contributed by atoms with Gasteiger partial charge in [0.15, 0.2) is 0 Å². The van der Waals surface area contributed by atoms with Crippen LogP contribution >= 0.6 is 33.9 Å². The van der Waals surface area contributed by atoms with Crippen molar-refractivity contribution in [3.05, 3.63) is 118 Å². The van der Waals surface area contributed by atoms with Crippen molar-refractivity contribution in [3.8, 4) is 0 Å². The van der Waals surface area contributed by atoms with Crippen molar-refractivity contribution in [1.82, 2.24) is 0 Å². The number of alkyl halides is 1. The minimum atomic E-state index is 0.0865. The molecule has 0 spiro atoms. The quantitative estimate of drug-likeness (QED) is 0.0969. The Kier molecular flexibility index (Phi) is 9.71. The summed E-state index contributed by atoms with van der Waals surface area (Å²) in [5.41, 5.74) is 19.2. The van der Waals surface area contributed by atoms with Crippen LogP contribution in [0.5, 0.6) is 0 Å². The van der Waals surface area contributed by atoms with Gasteiger partial charge >= 0.3 is 0 Å². The van der Waals surface area contributed by atoms with Gasteiger partial charge in [0, 0.05) is 47.2 Å². The molecule has 1 unspecified atom stereocenters. The number of aryl methyl sites for hydroxylation is 1. The highest BCUT2D eigenvalue weighted by Gasteiger charge is 2.49. The highest BCUT2D eigenvalue weighted by Crippen LogP contribution is 2.54. The smallest absolute Gasteiger partial charge is 0.264 e. The maximum Gasteiger partial charge on any atom is 0.264 e. The molecular formula is C57H68BIN2S. The highest BCUT2D eigenvalue weighted by molar-refractivity contribution is 14.1. The van der Waals surface area contributed by atoms with Crippen LogP contribution < -0.4 is 25.5 Å². The number of thiophene rings is 1. The van der Waals surface area contributed by atoms with Gasteiger partial charge < -0.3 is 9.80 Å². The molecule has 10 rings (SSSR count). The topological polar surface area (TPSA) is 6.48 Å². The standard InChI is InChI=1S/C57H68BIN2S/c1-35-17-14-15-18-43(35)61-45-20-16-19-44-49(45)58(51-50(61)37-31-38-41(34-47(37)62-51)56(10,11)30-27-53(38,4)5)42-32-39-40(55(8,9)29-28-54(39,6)7)33-46(42)60(44)36-21-22-48(59)57(12,13)26-25-52(2,3)24-23-36/h14-23,31-34,48H,24-30H2,1-13H3. The van der Waals surface area contributed by atoms with Crippen LogP contribution in [0.25, 0.3) is 10.1 Å². The summed E-state index contributed by atoms with van der Waals surface area (Å²) >= 11 is 4.80. The molecule has 0 fully saturated rings. The van der Waals surface area contributed by atoms with Crippen LogP contribution in [-0.2, 0) is 21.7 Å². The van der Waals surface area contributed by atoms with Crippen molar-refractivity contribution < 1.29 is 0 Å². The van der Waals surface area contributed by atoms with Gasteiger partial charge in [0.05, 0.1) is 5.69 Å². The summed E-state index contributed by atoms with van der Waals surface area (Å²) in [7, 11) is 0.